The van der Waals surface area contributed by atoms with Gasteiger partial charge in [-0.3, -0.25) is 0 Å². The van der Waals surface area contributed by atoms with Crippen LogP contribution in [-0.2, 0) is 0 Å². The molecule has 6 heteroatoms. The van der Waals surface area contributed by atoms with Gasteiger partial charge in [0.1, 0.15) is 22.8 Å². The van der Waals surface area contributed by atoms with Gasteiger partial charge < -0.3 is 14.5 Å². The second-order valence-corrected chi connectivity index (χ2v) is 5.25. The van der Waals surface area contributed by atoms with Crippen LogP contribution < -0.4 is 9.47 Å². The number of H-pyrrole nitrogens is 1. The van der Waals surface area contributed by atoms with Crippen molar-refractivity contribution in [2.75, 3.05) is 14.2 Å². The highest BCUT2D eigenvalue weighted by atomic mass is 35.5. The minimum atomic E-state index is 0.527. The van der Waals surface area contributed by atoms with E-state index >= 15 is 0 Å². The largest absolute Gasteiger partial charge is 0.497 e. The van der Waals surface area contributed by atoms with Gasteiger partial charge in [0, 0.05) is 17.7 Å². The molecule has 4 nitrogen and oxygen atoms in total. The fourth-order valence-electron chi connectivity index (χ4n) is 2.12. The van der Waals surface area contributed by atoms with Crippen LogP contribution in [0.15, 0.2) is 30.3 Å². The molecule has 0 radical (unpaired) electrons. The average Bonchev–Trinajstić information content (AvgIpc) is 2.91. The summed E-state index contributed by atoms with van der Waals surface area (Å²) in [6, 6.07) is 9.06. The third-order valence-corrected chi connectivity index (χ3v) is 3.76. The van der Waals surface area contributed by atoms with Crippen LogP contribution in [0.25, 0.3) is 22.4 Å². The Bertz CT molecular complexity index is 815. The van der Waals surface area contributed by atoms with Gasteiger partial charge in [-0.15, -0.1) is 0 Å². The number of ether oxygens (including phenoxy) is 2. The van der Waals surface area contributed by atoms with Crippen molar-refractivity contribution in [3.8, 4) is 22.9 Å². The van der Waals surface area contributed by atoms with E-state index in [1.807, 2.05) is 12.1 Å². The molecule has 3 rings (SSSR count). The molecule has 0 saturated heterocycles. The summed E-state index contributed by atoms with van der Waals surface area (Å²) in [5.41, 5.74) is 2.35. The van der Waals surface area contributed by atoms with Crippen molar-refractivity contribution in [1.29, 1.82) is 0 Å². The molecule has 1 N–H and O–H groups in total. The lowest BCUT2D eigenvalue weighted by Gasteiger charge is -2.03. The maximum atomic E-state index is 6.21. The van der Waals surface area contributed by atoms with Gasteiger partial charge in [-0.2, -0.15) is 0 Å². The van der Waals surface area contributed by atoms with Gasteiger partial charge in [-0.1, -0.05) is 23.2 Å². The quantitative estimate of drug-likeness (QED) is 0.769. The summed E-state index contributed by atoms with van der Waals surface area (Å²) in [6.45, 7) is 0. The lowest BCUT2D eigenvalue weighted by atomic mass is 10.2. The second-order valence-electron chi connectivity index (χ2n) is 4.44. The van der Waals surface area contributed by atoms with Crippen molar-refractivity contribution in [3.05, 3.63) is 40.4 Å². The van der Waals surface area contributed by atoms with Crippen LogP contribution in [-0.4, -0.2) is 24.2 Å². The number of imidazole rings is 1. The molecule has 0 spiro atoms. The van der Waals surface area contributed by atoms with Gasteiger partial charge in [0.05, 0.1) is 29.8 Å². The molecule has 0 amide bonds. The van der Waals surface area contributed by atoms with Crippen molar-refractivity contribution in [2.24, 2.45) is 0 Å². The minimum Gasteiger partial charge on any atom is -0.497 e. The van der Waals surface area contributed by atoms with E-state index < -0.39 is 0 Å². The lowest BCUT2D eigenvalue weighted by Crippen LogP contribution is -1.86. The molecule has 0 unspecified atom stereocenters. The van der Waals surface area contributed by atoms with E-state index in [-0.39, 0.29) is 0 Å². The first-order valence-corrected chi connectivity index (χ1v) is 6.95. The van der Waals surface area contributed by atoms with E-state index in [1.165, 1.54) is 0 Å². The first-order chi connectivity index (χ1) is 10.1. The molecule has 0 aliphatic heterocycles. The molecule has 0 saturated carbocycles. The van der Waals surface area contributed by atoms with E-state index in [9.17, 15) is 0 Å². The monoisotopic (exact) mass is 322 g/mol. The summed E-state index contributed by atoms with van der Waals surface area (Å²) in [6.07, 6.45) is 0. The molecule has 0 aliphatic rings. The number of fused-ring (bicyclic) bond motifs is 1. The number of benzene rings is 2. The van der Waals surface area contributed by atoms with Crippen LogP contribution in [0.1, 0.15) is 0 Å². The number of hydrogen-bond donors (Lipinski definition) is 1. The summed E-state index contributed by atoms with van der Waals surface area (Å²) in [7, 11) is 3.17. The summed E-state index contributed by atoms with van der Waals surface area (Å²) in [4.78, 5) is 7.73. The Hall–Kier alpha value is -1.91. The zero-order chi connectivity index (χ0) is 15.0. The van der Waals surface area contributed by atoms with Crippen molar-refractivity contribution < 1.29 is 9.47 Å². The molecule has 21 heavy (non-hydrogen) atoms. The molecule has 1 heterocycles. The summed E-state index contributed by atoms with van der Waals surface area (Å²) >= 11 is 12.4. The fraction of sp³-hybridized carbons (Fsp3) is 0.133. The van der Waals surface area contributed by atoms with Crippen molar-refractivity contribution in [2.45, 2.75) is 0 Å². The summed E-state index contributed by atoms with van der Waals surface area (Å²) < 4.78 is 10.3. The molecule has 1 aromatic heterocycles. The Morgan fingerprint density at radius 1 is 1.00 bits per heavy atom. The van der Waals surface area contributed by atoms with Crippen LogP contribution in [0, 0.1) is 0 Å². The predicted molar refractivity (Wildman–Crippen MR) is 84.7 cm³/mol. The first kappa shape index (κ1) is 14.0. The number of halogens is 2. The van der Waals surface area contributed by atoms with Crippen LogP contribution in [0.2, 0.25) is 10.0 Å². The molecular formula is C15H12Cl2N2O2. The van der Waals surface area contributed by atoms with Gasteiger partial charge in [0.25, 0.3) is 0 Å². The Morgan fingerprint density at radius 3 is 2.48 bits per heavy atom. The highest BCUT2D eigenvalue weighted by Crippen LogP contribution is 2.32. The molecule has 0 bridgehead atoms. The SMILES string of the molecule is COc1cc(Cl)c2nc(-c3ccc(OC)c(Cl)c3)[nH]c2c1. The standard InChI is InChI=1S/C15H12Cl2N2O2/c1-20-9-6-11(17)14-12(7-9)18-15(19-14)8-3-4-13(21-2)10(16)5-8/h3-7H,1-2H3,(H,18,19). The maximum Gasteiger partial charge on any atom is 0.138 e. The zero-order valence-electron chi connectivity index (χ0n) is 11.4. The highest BCUT2D eigenvalue weighted by molar-refractivity contribution is 6.35. The number of hydrogen-bond acceptors (Lipinski definition) is 3. The Morgan fingerprint density at radius 2 is 1.81 bits per heavy atom. The second kappa shape index (κ2) is 5.47. The van der Waals surface area contributed by atoms with Gasteiger partial charge in [0.2, 0.25) is 0 Å². The molecule has 108 valence electrons. The molecule has 0 atom stereocenters. The molecule has 0 aliphatic carbocycles. The van der Waals surface area contributed by atoms with Crippen LogP contribution >= 0.6 is 23.2 Å². The zero-order valence-corrected chi connectivity index (χ0v) is 12.9. The number of aromatic nitrogens is 2. The van der Waals surface area contributed by atoms with Gasteiger partial charge >= 0.3 is 0 Å². The molecule has 2 aromatic carbocycles. The number of nitrogens with zero attached hydrogens (tertiary/aromatic N) is 1. The van der Waals surface area contributed by atoms with Crippen molar-refractivity contribution in [3.63, 3.8) is 0 Å². The van der Waals surface area contributed by atoms with Crippen LogP contribution in [0.3, 0.4) is 0 Å². The Balaban J connectivity index is 2.12. The topological polar surface area (TPSA) is 47.1 Å². The van der Waals surface area contributed by atoms with E-state index in [2.05, 4.69) is 9.97 Å². The van der Waals surface area contributed by atoms with E-state index in [0.717, 1.165) is 11.1 Å². The fourth-order valence-corrected chi connectivity index (χ4v) is 2.63. The van der Waals surface area contributed by atoms with Crippen LogP contribution in [0.4, 0.5) is 0 Å². The van der Waals surface area contributed by atoms with E-state index in [4.69, 9.17) is 32.7 Å². The first-order valence-electron chi connectivity index (χ1n) is 6.19. The van der Waals surface area contributed by atoms with Crippen molar-refractivity contribution >= 4 is 34.2 Å². The molecular weight excluding hydrogens is 311 g/mol. The van der Waals surface area contributed by atoms with Gasteiger partial charge in [-0.05, 0) is 18.2 Å². The Labute approximate surface area is 131 Å². The molecule has 3 aromatic rings. The number of nitrogens with one attached hydrogen (secondary N) is 1. The average molecular weight is 323 g/mol. The maximum absolute atomic E-state index is 6.21. The number of rotatable bonds is 3. The van der Waals surface area contributed by atoms with Gasteiger partial charge in [-0.25, -0.2) is 4.98 Å². The predicted octanol–water partition coefficient (Wildman–Crippen LogP) is 4.55. The van der Waals surface area contributed by atoms with Gasteiger partial charge in [0.15, 0.2) is 0 Å². The minimum absolute atomic E-state index is 0.527. The normalized spacial score (nSPS) is 10.9. The number of methoxy groups -OCH3 is 2. The lowest BCUT2D eigenvalue weighted by molar-refractivity contribution is 0.415. The molecule has 0 fully saturated rings. The highest BCUT2D eigenvalue weighted by Gasteiger charge is 2.11. The summed E-state index contributed by atoms with van der Waals surface area (Å²) in [5.74, 6) is 1.98. The smallest absolute Gasteiger partial charge is 0.138 e. The Kier molecular flexibility index (Phi) is 3.66. The van der Waals surface area contributed by atoms with Crippen LogP contribution in [0.5, 0.6) is 11.5 Å². The number of aromatic amines is 1. The summed E-state index contributed by atoms with van der Waals surface area (Å²) in [5, 5.41) is 1.06. The van der Waals surface area contributed by atoms with E-state index in [1.54, 1.807) is 32.4 Å². The van der Waals surface area contributed by atoms with Crippen molar-refractivity contribution in [1.82, 2.24) is 9.97 Å². The third kappa shape index (κ3) is 2.52. The van der Waals surface area contributed by atoms with E-state index in [0.29, 0.717) is 32.9 Å². The third-order valence-electron chi connectivity index (χ3n) is 3.17.